The first-order chi connectivity index (χ1) is 7.52. The maximum absolute atomic E-state index is 5.20. The third-order valence-electron chi connectivity index (χ3n) is 3.08. The van der Waals surface area contributed by atoms with Gasteiger partial charge >= 0.3 is 0 Å². The van der Waals surface area contributed by atoms with Gasteiger partial charge in [-0.15, -0.1) is 0 Å². The van der Waals surface area contributed by atoms with Gasteiger partial charge in [-0.3, -0.25) is 4.90 Å². The van der Waals surface area contributed by atoms with Crippen LogP contribution in [0.1, 0.15) is 34.1 Å². The van der Waals surface area contributed by atoms with Gasteiger partial charge in [0.15, 0.2) is 0 Å². The van der Waals surface area contributed by atoms with Crippen LogP contribution in [0.25, 0.3) is 0 Å². The second kappa shape index (κ2) is 8.97. The molecular formula is C13H30N2O. The average Bonchev–Trinajstić information content (AvgIpc) is 2.23. The van der Waals surface area contributed by atoms with Gasteiger partial charge in [-0.2, -0.15) is 0 Å². The van der Waals surface area contributed by atoms with Gasteiger partial charge in [-0.05, 0) is 32.9 Å². The Bertz CT molecular complexity index is 162. The molecule has 3 heteroatoms. The van der Waals surface area contributed by atoms with E-state index in [2.05, 4.69) is 45.0 Å². The van der Waals surface area contributed by atoms with E-state index in [9.17, 15) is 0 Å². The molecule has 0 saturated carbocycles. The summed E-state index contributed by atoms with van der Waals surface area (Å²) < 4.78 is 5.20. The van der Waals surface area contributed by atoms with E-state index in [0.29, 0.717) is 12.1 Å². The fourth-order valence-corrected chi connectivity index (χ4v) is 1.83. The summed E-state index contributed by atoms with van der Waals surface area (Å²) in [6, 6.07) is 1.08. The number of rotatable bonds is 9. The SMILES string of the molecule is CCC(CNCC(C)C)N(C)C(C)COC. The molecule has 16 heavy (non-hydrogen) atoms. The van der Waals surface area contributed by atoms with Crippen molar-refractivity contribution in [2.75, 3.05) is 33.9 Å². The van der Waals surface area contributed by atoms with Gasteiger partial charge in [0.25, 0.3) is 0 Å². The molecule has 0 aliphatic rings. The molecule has 1 N–H and O–H groups in total. The van der Waals surface area contributed by atoms with Crippen LogP contribution in [0.2, 0.25) is 0 Å². The molecule has 0 amide bonds. The molecule has 0 aliphatic heterocycles. The van der Waals surface area contributed by atoms with Crippen LogP contribution in [0.15, 0.2) is 0 Å². The molecule has 0 bridgehead atoms. The molecular weight excluding hydrogens is 200 g/mol. The van der Waals surface area contributed by atoms with Crippen LogP contribution in [0.4, 0.5) is 0 Å². The van der Waals surface area contributed by atoms with Gasteiger partial charge in [0, 0.05) is 25.7 Å². The van der Waals surface area contributed by atoms with Crippen LogP contribution < -0.4 is 5.32 Å². The third-order valence-corrected chi connectivity index (χ3v) is 3.08. The zero-order chi connectivity index (χ0) is 12.6. The number of methoxy groups -OCH3 is 1. The highest BCUT2D eigenvalue weighted by atomic mass is 16.5. The lowest BCUT2D eigenvalue weighted by atomic mass is 10.1. The highest BCUT2D eigenvalue weighted by Crippen LogP contribution is 2.06. The highest BCUT2D eigenvalue weighted by Gasteiger charge is 2.17. The summed E-state index contributed by atoms with van der Waals surface area (Å²) in [5.74, 6) is 0.721. The van der Waals surface area contributed by atoms with Gasteiger partial charge in [0.1, 0.15) is 0 Å². The Kier molecular flexibility index (Phi) is 8.90. The predicted molar refractivity (Wildman–Crippen MR) is 70.9 cm³/mol. The van der Waals surface area contributed by atoms with Crippen LogP contribution in [0.5, 0.6) is 0 Å². The number of nitrogens with zero attached hydrogens (tertiary/aromatic N) is 1. The Morgan fingerprint density at radius 3 is 2.25 bits per heavy atom. The molecule has 0 aromatic rings. The second-order valence-electron chi connectivity index (χ2n) is 5.08. The first-order valence-electron chi connectivity index (χ1n) is 6.44. The molecule has 0 radical (unpaired) electrons. The summed E-state index contributed by atoms with van der Waals surface area (Å²) in [5.41, 5.74) is 0. The second-order valence-corrected chi connectivity index (χ2v) is 5.08. The van der Waals surface area contributed by atoms with Crippen LogP contribution in [0, 0.1) is 5.92 Å². The van der Waals surface area contributed by atoms with Crippen LogP contribution in [-0.4, -0.2) is 50.8 Å². The molecule has 0 aromatic carbocycles. The third kappa shape index (κ3) is 6.46. The monoisotopic (exact) mass is 230 g/mol. The van der Waals surface area contributed by atoms with Gasteiger partial charge in [-0.1, -0.05) is 20.8 Å². The largest absolute Gasteiger partial charge is 0.383 e. The molecule has 2 unspecified atom stereocenters. The van der Waals surface area contributed by atoms with Gasteiger partial charge < -0.3 is 10.1 Å². The quantitative estimate of drug-likeness (QED) is 0.655. The van der Waals surface area contributed by atoms with E-state index in [-0.39, 0.29) is 0 Å². The molecule has 0 fully saturated rings. The zero-order valence-electron chi connectivity index (χ0n) is 11.9. The molecule has 0 rings (SSSR count). The number of hydrogen-bond acceptors (Lipinski definition) is 3. The molecule has 2 atom stereocenters. The van der Waals surface area contributed by atoms with E-state index in [1.54, 1.807) is 7.11 Å². The fraction of sp³-hybridized carbons (Fsp3) is 1.00. The minimum absolute atomic E-state index is 0.482. The first-order valence-corrected chi connectivity index (χ1v) is 6.44. The van der Waals surface area contributed by atoms with E-state index < -0.39 is 0 Å². The summed E-state index contributed by atoms with van der Waals surface area (Å²) in [6.07, 6.45) is 1.18. The molecule has 98 valence electrons. The van der Waals surface area contributed by atoms with E-state index in [4.69, 9.17) is 4.74 Å². The van der Waals surface area contributed by atoms with Gasteiger partial charge in [0.05, 0.1) is 6.61 Å². The van der Waals surface area contributed by atoms with Crippen molar-refractivity contribution in [2.45, 2.75) is 46.2 Å². The smallest absolute Gasteiger partial charge is 0.0615 e. The predicted octanol–water partition coefficient (Wildman–Crippen LogP) is 1.98. The summed E-state index contributed by atoms with van der Waals surface area (Å²) >= 11 is 0. The summed E-state index contributed by atoms with van der Waals surface area (Å²) in [4.78, 5) is 2.41. The van der Waals surface area contributed by atoms with Gasteiger partial charge in [0.2, 0.25) is 0 Å². The minimum Gasteiger partial charge on any atom is -0.383 e. The van der Waals surface area contributed by atoms with Crippen molar-refractivity contribution in [3.8, 4) is 0 Å². The van der Waals surface area contributed by atoms with Gasteiger partial charge in [-0.25, -0.2) is 0 Å². The van der Waals surface area contributed by atoms with E-state index in [1.807, 2.05) is 0 Å². The maximum atomic E-state index is 5.20. The Balaban J connectivity index is 3.95. The number of ether oxygens (including phenoxy) is 1. The molecule has 0 spiro atoms. The molecule has 0 heterocycles. The molecule has 0 saturated heterocycles. The van der Waals surface area contributed by atoms with Crippen molar-refractivity contribution in [3.05, 3.63) is 0 Å². The maximum Gasteiger partial charge on any atom is 0.0615 e. The normalized spacial score (nSPS) is 15.8. The fourth-order valence-electron chi connectivity index (χ4n) is 1.83. The summed E-state index contributed by atoms with van der Waals surface area (Å²) in [7, 11) is 3.96. The number of hydrogen-bond donors (Lipinski definition) is 1. The Labute approximate surface area is 102 Å². The number of nitrogens with one attached hydrogen (secondary N) is 1. The lowest BCUT2D eigenvalue weighted by molar-refractivity contribution is 0.0869. The highest BCUT2D eigenvalue weighted by molar-refractivity contribution is 4.74. The van der Waals surface area contributed by atoms with Crippen molar-refractivity contribution < 1.29 is 4.74 Å². The first kappa shape index (κ1) is 15.9. The van der Waals surface area contributed by atoms with Crippen LogP contribution >= 0.6 is 0 Å². The van der Waals surface area contributed by atoms with Crippen LogP contribution in [0.3, 0.4) is 0 Å². The minimum atomic E-state index is 0.482. The standard InChI is InChI=1S/C13H30N2O/c1-7-13(9-14-8-11(2)3)15(5)12(4)10-16-6/h11-14H,7-10H2,1-6H3. The Morgan fingerprint density at radius 2 is 1.81 bits per heavy atom. The molecule has 0 aromatic heterocycles. The lowest BCUT2D eigenvalue weighted by Crippen LogP contribution is -2.46. The topological polar surface area (TPSA) is 24.5 Å². The van der Waals surface area contributed by atoms with E-state index in [1.165, 1.54) is 6.42 Å². The van der Waals surface area contributed by atoms with E-state index >= 15 is 0 Å². The summed E-state index contributed by atoms with van der Waals surface area (Å²) in [6.45, 7) is 11.9. The van der Waals surface area contributed by atoms with Crippen molar-refractivity contribution >= 4 is 0 Å². The van der Waals surface area contributed by atoms with Crippen molar-refractivity contribution in [2.24, 2.45) is 5.92 Å². The number of likely N-dealkylation sites (N-methyl/N-ethyl adjacent to an activating group) is 1. The Morgan fingerprint density at radius 1 is 1.19 bits per heavy atom. The Hall–Kier alpha value is -0.120. The molecule has 3 nitrogen and oxygen atoms in total. The lowest BCUT2D eigenvalue weighted by Gasteiger charge is -2.32. The average molecular weight is 230 g/mol. The van der Waals surface area contributed by atoms with Crippen LogP contribution in [-0.2, 0) is 4.74 Å². The van der Waals surface area contributed by atoms with E-state index in [0.717, 1.165) is 25.6 Å². The zero-order valence-corrected chi connectivity index (χ0v) is 11.9. The molecule has 0 aliphatic carbocycles. The van der Waals surface area contributed by atoms with Crippen molar-refractivity contribution in [1.82, 2.24) is 10.2 Å². The summed E-state index contributed by atoms with van der Waals surface area (Å²) in [5, 5.41) is 3.53. The van der Waals surface area contributed by atoms with Crippen molar-refractivity contribution in [3.63, 3.8) is 0 Å². The van der Waals surface area contributed by atoms with Crippen molar-refractivity contribution in [1.29, 1.82) is 0 Å².